The van der Waals surface area contributed by atoms with Crippen molar-refractivity contribution in [3.05, 3.63) is 81.7 Å². The molecule has 0 radical (unpaired) electrons. The molecule has 0 unspecified atom stereocenters. The van der Waals surface area contributed by atoms with E-state index in [-0.39, 0.29) is 18.4 Å². The molecule has 0 saturated carbocycles. The third-order valence-electron chi connectivity index (χ3n) is 6.55. The molecular weight excluding hydrogens is 454 g/mol. The van der Waals surface area contributed by atoms with Crippen LogP contribution in [0.3, 0.4) is 0 Å². The average Bonchev–Trinajstić information content (AvgIpc) is 3.38. The molecule has 3 heterocycles. The minimum atomic E-state index is -0.970. The Hall–Kier alpha value is -3.45. The van der Waals surface area contributed by atoms with Crippen LogP contribution in [0.4, 0.5) is 0 Å². The number of nitrogens with one attached hydrogen (secondary N) is 1. The highest BCUT2D eigenvalue weighted by Crippen LogP contribution is 2.32. The molecule has 0 saturated heterocycles. The maximum absolute atomic E-state index is 13.1. The predicted octanol–water partition coefficient (Wildman–Crippen LogP) is 5.97. The lowest BCUT2D eigenvalue weighted by Crippen LogP contribution is -2.31. The van der Waals surface area contributed by atoms with E-state index in [2.05, 4.69) is 35.4 Å². The number of furan rings is 1. The summed E-state index contributed by atoms with van der Waals surface area (Å²) in [5.74, 6) is 1.46. The zero-order valence-electron chi connectivity index (χ0n) is 21.9. The van der Waals surface area contributed by atoms with Gasteiger partial charge in [-0.1, -0.05) is 31.1 Å². The smallest absolute Gasteiger partial charge is 0.224 e. The van der Waals surface area contributed by atoms with E-state index >= 15 is 0 Å². The number of nitrogens with zero attached hydrogens (tertiary/aromatic N) is 2. The van der Waals surface area contributed by atoms with Crippen LogP contribution in [-0.4, -0.2) is 21.2 Å². The number of carbonyl (C=O) groups excluding carboxylic acids is 1. The summed E-state index contributed by atoms with van der Waals surface area (Å²) in [6.07, 6.45) is 2.97. The van der Waals surface area contributed by atoms with Gasteiger partial charge in [-0.15, -0.1) is 0 Å². The standard InChI is InChI=1S/C29H35N3O4/c1-16(2)7-9-23(28-18(4)11-17(3)15-30-28)31-26(33)13-21-8-10-24-22(12-21)14-25(35-24)29(34)27-19(5)32-36-20(27)6/h8,10-12,14-16,23,29,34H,7,9,13H2,1-6H3,(H,31,33)/t23-,29+/m0/s1. The zero-order chi connectivity index (χ0) is 26.0. The molecule has 0 bridgehead atoms. The monoisotopic (exact) mass is 489 g/mol. The molecule has 0 spiro atoms. The summed E-state index contributed by atoms with van der Waals surface area (Å²) in [7, 11) is 0. The highest BCUT2D eigenvalue weighted by Gasteiger charge is 2.24. The van der Waals surface area contributed by atoms with Crippen molar-refractivity contribution in [3.63, 3.8) is 0 Å². The van der Waals surface area contributed by atoms with Gasteiger partial charge in [0.05, 0.1) is 29.4 Å². The van der Waals surface area contributed by atoms with Crippen LogP contribution in [0.1, 0.15) is 84.0 Å². The van der Waals surface area contributed by atoms with Gasteiger partial charge in [0.1, 0.15) is 23.2 Å². The molecule has 7 heteroatoms. The number of pyridine rings is 1. The molecule has 2 atom stereocenters. The van der Waals surface area contributed by atoms with Gasteiger partial charge in [0, 0.05) is 11.6 Å². The molecule has 1 aromatic carbocycles. The number of aryl methyl sites for hydroxylation is 4. The quantitative estimate of drug-likeness (QED) is 0.300. The first-order valence-corrected chi connectivity index (χ1v) is 12.5. The van der Waals surface area contributed by atoms with Crippen LogP contribution in [0.25, 0.3) is 11.0 Å². The SMILES string of the molecule is Cc1cnc([C@H](CCC(C)C)NC(=O)Cc2ccc3oc([C@@H](O)c4c(C)noc4C)cc3c2)c(C)c1. The van der Waals surface area contributed by atoms with Crippen molar-refractivity contribution in [2.24, 2.45) is 5.92 Å². The Morgan fingerprint density at radius 2 is 1.86 bits per heavy atom. The Bertz CT molecular complexity index is 1350. The van der Waals surface area contributed by atoms with Crippen molar-refractivity contribution in [3.8, 4) is 0 Å². The van der Waals surface area contributed by atoms with E-state index in [9.17, 15) is 9.90 Å². The van der Waals surface area contributed by atoms with Gasteiger partial charge in [-0.2, -0.15) is 0 Å². The first kappa shape index (κ1) is 25.6. The van der Waals surface area contributed by atoms with Gasteiger partial charge in [-0.05, 0) is 81.3 Å². The Morgan fingerprint density at radius 1 is 1.08 bits per heavy atom. The molecule has 2 N–H and O–H groups in total. The largest absolute Gasteiger partial charge is 0.458 e. The normalized spacial score (nSPS) is 13.3. The maximum Gasteiger partial charge on any atom is 0.224 e. The number of rotatable bonds is 9. The second-order valence-corrected chi connectivity index (χ2v) is 10.1. The molecule has 190 valence electrons. The van der Waals surface area contributed by atoms with Crippen molar-refractivity contribution < 1.29 is 18.8 Å². The summed E-state index contributed by atoms with van der Waals surface area (Å²) in [5.41, 5.74) is 5.89. The lowest BCUT2D eigenvalue weighted by atomic mass is 9.97. The molecule has 0 aliphatic carbocycles. The van der Waals surface area contributed by atoms with Crippen LogP contribution in [0.15, 0.2) is 45.5 Å². The fourth-order valence-corrected chi connectivity index (χ4v) is 4.68. The molecule has 0 aliphatic rings. The zero-order valence-corrected chi connectivity index (χ0v) is 21.9. The van der Waals surface area contributed by atoms with Crippen molar-refractivity contribution in [1.29, 1.82) is 0 Å². The van der Waals surface area contributed by atoms with E-state index in [0.717, 1.165) is 40.6 Å². The van der Waals surface area contributed by atoms with Crippen molar-refractivity contribution >= 4 is 16.9 Å². The van der Waals surface area contributed by atoms with E-state index in [1.54, 1.807) is 19.9 Å². The maximum atomic E-state index is 13.1. The van der Waals surface area contributed by atoms with E-state index < -0.39 is 6.10 Å². The minimum absolute atomic E-state index is 0.0515. The van der Waals surface area contributed by atoms with Gasteiger partial charge in [0.25, 0.3) is 0 Å². The number of benzene rings is 1. The third kappa shape index (κ3) is 5.68. The highest BCUT2D eigenvalue weighted by molar-refractivity contribution is 5.83. The second-order valence-electron chi connectivity index (χ2n) is 10.1. The summed E-state index contributed by atoms with van der Waals surface area (Å²) in [5, 5.41) is 18.8. The summed E-state index contributed by atoms with van der Waals surface area (Å²) in [4.78, 5) is 17.7. The number of aliphatic hydroxyl groups is 1. The van der Waals surface area contributed by atoms with Gasteiger partial charge < -0.3 is 19.4 Å². The number of aliphatic hydroxyl groups excluding tert-OH is 1. The fraction of sp³-hybridized carbons (Fsp3) is 0.414. The van der Waals surface area contributed by atoms with Crippen molar-refractivity contribution in [1.82, 2.24) is 15.5 Å². The van der Waals surface area contributed by atoms with Gasteiger partial charge in [-0.25, -0.2) is 0 Å². The lowest BCUT2D eigenvalue weighted by molar-refractivity contribution is -0.121. The fourth-order valence-electron chi connectivity index (χ4n) is 4.68. The molecule has 36 heavy (non-hydrogen) atoms. The van der Waals surface area contributed by atoms with Crippen LogP contribution in [-0.2, 0) is 11.2 Å². The van der Waals surface area contributed by atoms with E-state index in [4.69, 9.17) is 8.94 Å². The van der Waals surface area contributed by atoms with Gasteiger partial charge in [0.15, 0.2) is 0 Å². The summed E-state index contributed by atoms with van der Waals surface area (Å²) >= 11 is 0. The van der Waals surface area contributed by atoms with Crippen LogP contribution >= 0.6 is 0 Å². The first-order chi connectivity index (χ1) is 17.1. The molecule has 4 aromatic rings. The van der Waals surface area contributed by atoms with Crippen molar-refractivity contribution in [2.75, 3.05) is 0 Å². The van der Waals surface area contributed by atoms with E-state index in [1.807, 2.05) is 38.2 Å². The first-order valence-electron chi connectivity index (χ1n) is 12.5. The Kier molecular flexibility index (Phi) is 7.59. The lowest BCUT2D eigenvalue weighted by Gasteiger charge is -2.21. The predicted molar refractivity (Wildman–Crippen MR) is 139 cm³/mol. The topological polar surface area (TPSA) is 101 Å². The number of amides is 1. The third-order valence-corrected chi connectivity index (χ3v) is 6.55. The van der Waals surface area contributed by atoms with Gasteiger partial charge in [0.2, 0.25) is 5.91 Å². The number of hydrogen-bond acceptors (Lipinski definition) is 6. The Balaban J connectivity index is 1.51. The summed E-state index contributed by atoms with van der Waals surface area (Å²) < 4.78 is 11.1. The van der Waals surface area contributed by atoms with Crippen LogP contribution < -0.4 is 5.32 Å². The van der Waals surface area contributed by atoms with Gasteiger partial charge in [-0.3, -0.25) is 9.78 Å². The minimum Gasteiger partial charge on any atom is -0.458 e. The Morgan fingerprint density at radius 3 is 2.53 bits per heavy atom. The van der Waals surface area contributed by atoms with Crippen LogP contribution in [0.5, 0.6) is 0 Å². The molecule has 4 rings (SSSR count). The molecule has 0 fully saturated rings. The second kappa shape index (κ2) is 10.7. The summed E-state index contributed by atoms with van der Waals surface area (Å²) in [6.45, 7) is 12.0. The number of hydrogen-bond donors (Lipinski definition) is 2. The van der Waals surface area contributed by atoms with Crippen molar-refractivity contribution in [2.45, 2.75) is 73.0 Å². The van der Waals surface area contributed by atoms with Gasteiger partial charge >= 0.3 is 0 Å². The van der Waals surface area contributed by atoms with E-state index in [0.29, 0.717) is 34.3 Å². The van der Waals surface area contributed by atoms with E-state index in [1.165, 1.54) is 0 Å². The summed E-state index contributed by atoms with van der Waals surface area (Å²) in [6, 6.07) is 9.44. The van der Waals surface area contributed by atoms with Crippen LogP contribution in [0.2, 0.25) is 0 Å². The molecular formula is C29H35N3O4. The molecule has 3 aromatic heterocycles. The average molecular weight is 490 g/mol. The number of fused-ring (bicyclic) bond motifs is 1. The molecule has 0 aliphatic heterocycles. The number of carbonyl (C=O) groups is 1. The van der Waals surface area contributed by atoms with Crippen LogP contribution in [0, 0.1) is 33.6 Å². The number of aromatic nitrogens is 2. The highest BCUT2D eigenvalue weighted by atomic mass is 16.5. The Labute approximate surface area is 211 Å². The molecule has 7 nitrogen and oxygen atoms in total. The molecule has 1 amide bonds.